The SMILES string of the molecule is COC(=O)CNCc1ccc(C#N)c(OC)c1. The van der Waals surface area contributed by atoms with Crippen molar-refractivity contribution < 1.29 is 14.3 Å². The quantitative estimate of drug-likeness (QED) is 0.764. The van der Waals surface area contributed by atoms with Crippen molar-refractivity contribution in [3.63, 3.8) is 0 Å². The van der Waals surface area contributed by atoms with Crippen molar-refractivity contribution >= 4 is 5.97 Å². The summed E-state index contributed by atoms with van der Waals surface area (Å²) in [5.41, 5.74) is 1.42. The molecule has 0 aliphatic rings. The molecule has 5 heteroatoms. The van der Waals surface area contributed by atoms with Gasteiger partial charge in [0.25, 0.3) is 0 Å². The lowest BCUT2D eigenvalue weighted by molar-refractivity contribution is -0.139. The summed E-state index contributed by atoms with van der Waals surface area (Å²) >= 11 is 0. The second-order valence-corrected chi connectivity index (χ2v) is 3.33. The molecular weight excluding hydrogens is 220 g/mol. The number of rotatable bonds is 5. The number of methoxy groups -OCH3 is 2. The predicted octanol–water partition coefficient (Wildman–Crippen LogP) is 0.829. The van der Waals surface area contributed by atoms with Crippen molar-refractivity contribution in [1.82, 2.24) is 5.32 Å². The standard InChI is InChI=1S/C12H14N2O3/c1-16-11-5-9(3-4-10(11)6-13)7-14-8-12(15)17-2/h3-5,14H,7-8H2,1-2H3. The Labute approximate surface area is 100.0 Å². The van der Waals surface area contributed by atoms with Crippen LogP contribution in [0.4, 0.5) is 0 Å². The van der Waals surface area contributed by atoms with E-state index in [1.54, 1.807) is 12.1 Å². The van der Waals surface area contributed by atoms with Crippen molar-refractivity contribution in [1.29, 1.82) is 5.26 Å². The van der Waals surface area contributed by atoms with E-state index in [1.807, 2.05) is 12.1 Å². The largest absolute Gasteiger partial charge is 0.495 e. The molecule has 5 nitrogen and oxygen atoms in total. The maximum absolute atomic E-state index is 10.9. The van der Waals surface area contributed by atoms with E-state index in [4.69, 9.17) is 10.00 Å². The lowest BCUT2D eigenvalue weighted by Gasteiger charge is -2.07. The third kappa shape index (κ3) is 3.78. The highest BCUT2D eigenvalue weighted by atomic mass is 16.5. The Kier molecular flexibility index (Phi) is 4.98. The number of nitrogens with one attached hydrogen (secondary N) is 1. The molecule has 90 valence electrons. The van der Waals surface area contributed by atoms with Gasteiger partial charge in [0.1, 0.15) is 11.8 Å². The highest BCUT2D eigenvalue weighted by Gasteiger charge is 2.04. The van der Waals surface area contributed by atoms with Gasteiger partial charge < -0.3 is 14.8 Å². The Balaban J connectivity index is 2.61. The second kappa shape index (κ2) is 6.51. The molecule has 0 amide bonds. The Morgan fingerprint density at radius 1 is 1.47 bits per heavy atom. The van der Waals surface area contributed by atoms with Gasteiger partial charge >= 0.3 is 5.97 Å². The van der Waals surface area contributed by atoms with Crippen LogP contribution in [0.3, 0.4) is 0 Å². The number of hydrogen-bond donors (Lipinski definition) is 1. The maximum atomic E-state index is 10.9. The Bertz CT molecular complexity index is 438. The average Bonchev–Trinajstić information content (AvgIpc) is 2.38. The smallest absolute Gasteiger partial charge is 0.319 e. The topological polar surface area (TPSA) is 71.3 Å². The minimum absolute atomic E-state index is 0.152. The highest BCUT2D eigenvalue weighted by Crippen LogP contribution is 2.18. The zero-order valence-corrected chi connectivity index (χ0v) is 9.82. The zero-order valence-electron chi connectivity index (χ0n) is 9.82. The van der Waals surface area contributed by atoms with Crippen LogP contribution in [0.5, 0.6) is 5.75 Å². The molecule has 0 atom stereocenters. The van der Waals surface area contributed by atoms with E-state index in [-0.39, 0.29) is 12.5 Å². The molecule has 1 N–H and O–H groups in total. The zero-order chi connectivity index (χ0) is 12.7. The molecule has 0 aliphatic carbocycles. The van der Waals surface area contributed by atoms with E-state index < -0.39 is 0 Å². The first-order valence-corrected chi connectivity index (χ1v) is 5.05. The molecule has 0 radical (unpaired) electrons. The van der Waals surface area contributed by atoms with Crippen molar-refractivity contribution in [2.75, 3.05) is 20.8 Å². The number of ether oxygens (including phenoxy) is 2. The van der Waals surface area contributed by atoms with Crippen LogP contribution in [0.1, 0.15) is 11.1 Å². The first-order valence-electron chi connectivity index (χ1n) is 5.05. The van der Waals surface area contributed by atoms with Crippen LogP contribution in [0.25, 0.3) is 0 Å². The van der Waals surface area contributed by atoms with E-state index in [2.05, 4.69) is 10.1 Å². The fraction of sp³-hybridized carbons (Fsp3) is 0.333. The summed E-state index contributed by atoms with van der Waals surface area (Å²) in [5.74, 6) is 0.218. The van der Waals surface area contributed by atoms with E-state index in [0.29, 0.717) is 17.9 Å². The predicted molar refractivity (Wildman–Crippen MR) is 61.4 cm³/mol. The Morgan fingerprint density at radius 3 is 2.82 bits per heavy atom. The lowest BCUT2D eigenvalue weighted by Crippen LogP contribution is -2.23. The van der Waals surface area contributed by atoms with Crippen LogP contribution >= 0.6 is 0 Å². The lowest BCUT2D eigenvalue weighted by atomic mass is 10.1. The van der Waals surface area contributed by atoms with Gasteiger partial charge in [-0.3, -0.25) is 4.79 Å². The molecule has 0 unspecified atom stereocenters. The summed E-state index contributed by atoms with van der Waals surface area (Å²) in [6.07, 6.45) is 0. The molecule has 0 aliphatic heterocycles. The molecule has 0 saturated heterocycles. The van der Waals surface area contributed by atoms with Gasteiger partial charge in [-0.1, -0.05) is 6.07 Å². The van der Waals surface area contributed by atoms with Gasteiger partial charge in [-0.15, -0.1) is 0 Å². The molecule has 0 fully saturated rings. The Hall–Kier alpha value is -2.06. The maximum Gasteiger partial charge on any atom is 0.319 e. The summed E-state index contributed by atoms with van der Waals surface area (Å²) in [4.78, 5) is 10.9. The molecule has 0 spiro atoms. The van der Waals surface area contributed by atoms with Crippen molar-refractivity contribution in [2.24, 2.45) is 0 Å². The Morgan fingerprint density at radius 2 is 2.24 bits per heavy atom. The summed E-state index contributed by atoms with van der Waals surface area (Å²) in [5, 5.41) is 11.7. The molecule has 0 saturated carbocycles. The van der Waals surface area contributed by atoms with Crippen LogP contribution in [-0.4, -0.2) is 26.7 Å². The third-order valence-electron chi connectivity index (χ3n) is 2.21. The summed E-state index contributed by atoms with van der Waals surface area (Å²) in [6, 6.07) is 7.30. The number of nitrogens with zero attached hydrogens (tertiary/aromatic N) is 1. The van der Waals surface area contributed by atoms with Gasteiger partial charge in [-0.25, -0.2) is 0 Å². The summed E-state index contributed by atoms with van der Waals surface area (Å²) < 4.78 is 9.58. The van der Waals surface area contributed by atoms with E-state index in [9.17, 15) is 4.79 Å². The normalized spacial score (nSPS) is 9.47. The first-order chi connectivity index (χ1) is 8.21. The van der Waals surface area contributed by atoms with Gasteiger partial charge in [-0.2, -0.15) is 5.26 Å². The molecule has 1 rings (SSSR count). The van der Waals surface area contributed by atoms with Crippen LogP contribution in [-0.2, 0) is 16.1 Å². The molecule has 17 heavy (non-hydrogen) atoms. The fourth-order valence-corrected chi connectivity index (χ4v) is 1.32. The van der Waals surface area contributed by atoms with Crippen LogP contribution < -0.4 is 10.1 Å². The molecule has 0 heterocycles. The van der Waals surface area contributed by atoms with E-state index >= 15 is 0 Å². The van der Waals surface area contributed by atoms with Crippen LogP contribution in [0.2, 0.25) is 0 Å². The van der Waals surface area contributed by atoms with Crippen molar-refractivity contribution in [3.8, 4) is 11.8 Å². The van der Waals surface area contributed by atoms with E-state index in [0.717, 1.165) is 5.56 Å². The fourth-order valence-electron chi connectivity index (χ4n) is 1.32. The van der Waals surface area contributed by atoms with Crippen LogP contribution in [0.15, 0.2) is 18.2 Å². The molecule has 1 aromatic carbocycles. The van der Waals surface area contributed by atoms with Gasteiger partial charge in [0.2, 0.25) is 0 Å². The van der Waals surface area contributed by atoms with Gasteiger partial charge in [0.15, 0.2) is 0 Å². The highest BCUT2D eigenvalue weighted by molar-refractivity contribution is 5.71. The van der Waals surface area contributed by atoms with Gasteiger partial charge in [0, 0.05) is 6.54 Å². The number of carbonyl (C=O) groups is 1. The number of benzene rings is 1. The molecule has 0 aromatic heterocycles. The number of hydrogen-bond acceptors (Lipinski definition) is 5. The van der Waals surface area contributed by atoms with Crippen LogP contribution in [0, 0.1) is 11.3 Å². The van der Waals surface area contributed by atoms with E-state index in [1.165, 1.54) is 14.2 Å². The summed E-state index contributed by atoms with van der Waals surface area (Å²) in [7, 11) is 2.86. The monoisotopic (exact) mass is 234 g/mol. The molecule has 0 bridgehead atoms. The molecular formula is C12H14N2O3. The number of esters is 1. The minimum atomic E-state index is -0.314. The average molecular weight is 234 g/mol. The number of carbonyl (C=O) groups excluding carboxylic acids is 1. The van der Waals surface area contributed by atoms with Gasteiger partial charge in [-0.05, 0) is 17.7 Å². The van der Waals surface area contributed by atoms with Crippen molar-refractivity contribution in [3.05, 3.63) is 29.3 Å². The van der Waals surface area contributed by atoms with Gasteiger partial charge in [0.05, 0.1) is 26.3 Å². The summed E-state index contributed by atoms with van der Waals surface area (Å²) in [6.45, 7) is 0.663. The number of nitriles is 1. The first kappa shape index (κ1) is 13.0. The second-order valence-electron chi connectivity index (χ2n) is 3.33. The molecule has 1 aromatic rings. The third-order valence-corrected chi connectivity index (χ3v) is 2.21. The minimum Gasteiger partial charge on any atom is -0.495 e. The van der Waals surface area contributed by atoms with Crippen molar-refractivity contribution in [2.45, 2.75) is 6.54 Å².